The minimum Gasteiger partial charge on any atom is -0.378 e. The Morgan fingerprint density at radius 1 is 1.00 bits per heavy atom. The van der Waals surface area contributed by atoms with Crippen molar-refractivity contribution in [1.29, 1.82) is 0 Å². The summed E-state index contributed by atoms with van der Waals surface area (Å²) >= 11 is 0. The van der Waals surface area contributed by atoms with Crippen molar-refractivity contribution in [1.82, 2.24) is 5.32 Å². The lowest BCUT2D eigenvalue weighted by Gasteiger charge is -2.28. The quantitative estimate of drug-likeness (QED) is 0.914. The topological polar surface area (TPSA) is 21.3 Å². The highest BCUT2D eigenvalue weighted by Crippen LogP contribution is 2.19. The van der Waals surface area contributed by atoms with E-state index >= 15 is 0 Å². The third-order valence-electron chi connectivity index (χ3n) is 4.14. The van der Waals surface area contributed by atoms with Gasteiger partial charge in [0.05, 0.1) is 6.10 Å². The second-order valence-corrected chi connectivity index (χ2v) is 5.85. The molecule has 1 N–H and O–H groups in total. The molecule has 0 radical (unpaired) electrons. The number of hydrogen-bond acceptors (Lipinski definition) is 2. The van der Waals surface area contributed by atoms with Crippen LogP contribution < -0.4 is 5.32 Å². The molecule has 0 saturated carbocycles. The van der Waals surface area contributed by atoms with Gasteiger partial charge in [-0.2, -0.15) is 0 Å². The van der Waals surface area contributed by atoms with Crippen LogP contribution in [0.4, 0.5) is 0 Å². The number of ether oxygens (including phenoxy) is 1. The van der Waals surface area contributed by atoms with Gasteiger partial charge >= 0.3 is 0 Å². The summed E-state index contributed by atoms with van der Waals surface area (Å²) in [6, 6.07) is 20.0. The van der Waals surface area contributed by atoms with Crippen molar-refractivity contribution in [3.8, 4) is 11.1 Å². The lowest BCUT2D eigenvalue weighted by Crippen LogP contribution is -2.37. The first-order chi connectivity index (χ1) is 10.3. The van der Waals surface area contributed by atoms with E-state index in [0.717, 1.165) is 26.0 Å². The monoisotopic (exact) mass is 281 g/mol. The lowest BCUT2D eigenvalue weighted by atomic mass is 10.0. The predicted molar refractivity (Wildman–Crippen MR) is 87.2 cm³/mol. The SMILES string of the molecule is CC1CC(NCc2ccc(-c3ccccc3)cc2)CCO1. The normalized spacial score (nSPS) is 22.1. The molecule has 0 spiro atoms. The van der Waals surface area contributed by atoms with Gasteiger partial charge in [0.15, 0.2) is 0 Å². The van der Waals surface area contributed by atoms with E-state index in [1.54, 1.807) is 0 Å². The molecule has 0 aromatic heterocycles. The maximum Gasteiger partial charge on any atom is 0.0561 e. The molecular weight excluding hydrogens is 258 g/mol. The molecule has 0 amide bonds. The fourth-order valence-electron chi connectivity index (χ4n) is 2.89. The molecule has 2 heteroatoms. The summed E-state index contributed by atoms with van der Waals surface area (Å²) in [6.45, 7) is 3.97. The van der Waals surface area contributed by atoms with Crippen LogP contribution in [0, 0.1) is 0 Å². The fraction of sp³-hybridized carbons (Fsp3) is 0.368. The molecule has 2 aromatic rings. The Hall–Kier alpha value is -1.64. The van der Waals surface area contributed by atoms with E-state index in [0.29, 0.717) is 12.1 Å². The molecule has 1 aliphatic rings. The zero-order chi connectivity index (χ0) is 14.5. The van der Waals surface area contributed by atoms with Crippen molar-refractivity contribution in [3.05, 3.63) is 60.2 Å². The van der Waals surface area contributed by atoms with Crippen LogP contribution in [0.3, 0.4) is 0 Å². The van der Waals surface area contributed by atoms with Gasteiger partial charge in [-0.25, -0.2) is 0 Å². The summed E-state index contributed by atoms with van der Waals surface area (Å²) < 4.78 is 5.58. The van der Waals surface area contributed by atoms with Gasteiger partial charge < -0.3 is 10.1 Å². The van der Waals surface area contributed by atoms with Crippen LogP contribution in [-0.4, -0.2) is 18.8 Å². The van der Waals surface area contributed by atoms with E-state index in [9.17, 15) is 0 Å². The Morgan fingerprint density at radius 2 is 1.71 bits per heavy atom. The van der Waals surface area contributed by atoms with Crippen molar-refractivity contribution >= 4 is 0 Å². The summed E-state index contributed by atoms with van der Waals surface area (Å²) in [5.74, 6) is 0. The average Bonchev–Trinajstić information content (AvgIpc) is 2.54. The van der Waals surface area contributed by atoms with Crippen LogP contribution in [0.25, 0.3) is 11.1 Å². The standard InChI is InChI=1S/C19H23NO/c1-15-13-19(11-12-21-15)20-14-16-7-9-18(10-8-16)17-5-3-2-4-6-17/h2-10,15,19-20H,11-14H2,1H3. The van der Waals surface area contributed by atoms with Gasteiger partial charge in [0, 0.05) is 19.2 Å². The molecule has 2 nitrogen and oxygen atoms in total. The molecule has 2 atom stereocenters. The van der Waals surface area contributed by atoms with Crippen LogP contribution in [0.15, 0.2) is 54.6 Å². The molecule has 1 fully saturated rings. The number of nitrogens with one attached hydrogen (secondary N) is 1. The lowest BCUT2D eigenvalue weighted by molar-refractivity contribution is 0.0130. The second kappa shape index (κ2) is 6.88. The minimum atomic E-state index is 0.386. The Labute approximate surface area is 127 Å². The molecule has 3 rings (SSSR count). The number of hydrogen-bond donors (Lipinski definition) is 1. The van der Waals surface area contributed by atoms with E-state index in [2.05, 4.69) is 66.8 Å². The molecule has 1 aliphatic heterocycles. The smallest absolute Gasteiger partial charge is 0.0561 e. The second-order valence-electron chi connectivity index (χ2n) is 5.85. The highest BCUT2D eigenvalue weighted by Gasteiger charge is 2.18. The first kappa shape index (κ1) is 14.3. The largest absolute Gasteiger partial charge is 0.378 e. The van der Waals surface area contributed by atoms with E-state index in [1.165, 1.54) is 16.7 Å². The average molecular weight is 281 g/mol. The molecule has 2 unspecified atom stereocenters. The van der Waals surface area contributed by atoms with Crippen molar-refractivity contribution in [2.45, 2.75) is 38.5 Å². The van der Waals surface area contributed by atoms with Gasteiger partial charge in [0.2, 0.25) is 0 Å². The van der Waals surface area contributed by atoms with Crippen LogP contribution in [0.1, 0.15) is 25.3 Å². The van der Waals surface area contributed by atoms with Crippen molar-refractivity contribution < 1.29 is 4.74 Å². The van der Waals surface area contributed by atoms with Crippen molar-refractivity contribution in [3.63, 3.8) is 0 Å². The zero-order valence-corrected chi connectivity index (χ0v) is 12.6. The third-order valence-corrected chi connectivity index (χ3v) is 4.14. The number of rotatable bonds is 4. The Balaban J connectivity index is 1.57. The molecule has 0 bridgehead atoms. The van der Waals surface area contributed by atoms with Crippen LogP contribution in [-0.2, 0) is 11.3 Å². The Morgan fingerprint density at radius 3 is 2.43 bits per heavy atom. The maximum absolute atomic E-state index is 5.58. The highest BCUT2D eigenvalue weighted by molar-refractivity contribution is 5.63. The van der Waals surface area contributed by atoms with Crippen LogP contribution in [0.5, 0.6) is 0 Å². The highest BCUT2D eigenvalue weighted by atomic mass is 16.5. The summed E-state index contributed by atoms with van der Waals surface area (Å²) in [4.78, 5) is 0. The van der Waals surface area contributed by atoms with Gasteiger partial charge in [-0.15, -0.1) is 0 Å². The Bertz CT molecular complexity index is 550. The minimum absolute atomic E-state index is 0.386. The van der Waals surface area contributed by atoms with Crippen LogP contribution >= 0.6 is 0 Å². The van der Waals surface area contributed by atoms with Crippen molar-refractivity contribution in [2.75, 3.05) is 6.61 Å². The summed E-state index contributed by atoms with van der Waals surface area (Å²) in [5.41, 5.74) is 3.89. The van der Waals surface area contributed by atoms with Crippen LogP contribution in [0.2, 0.25) is 0 Å². The maximum atomic E-state index is 5.58. The zero-order valence-electron chi connectivity index (χ0n) is 12.6. The molecule has 1 saturated heterocycles. The summed E-state index contributed by atoms with van der Waals surface area (Å²) in [7, 11) is 0. The first-order valence-corrected chi connectivity index (χ1v) is 7.80. The fourth-order valence-corrected chi connectivity index (χ4v) is 2.89. The molecule has 21 heavy (non-hydrogen) atoms. The molecule has 0 aliphatic carbocycles. The molecular formula is C19H23NO. The summed E-state index contributed by atoms with van der Waals surface area (Å²) in [5, 5.41) is 3.65. The van der Waals surface area contributed by atoms with E-state index in [4.69, 9.17) is 4.74 Å². The third kappa shape index (κ3) is 3.93. The van der Waals surface area contributed by atoms with E-state index in [1.807, 2.05) is 0 Å². The van der Waals surface area contributed by atoms with Gasteiger partial charge in [0.25, 0.3) is 0 Å². The summed E-state index contributed by atoms with van der Waals surface area (Å²) in [6.07, 6.45) is 2.62. The molecule has 1 heterocycles. The number of benzene rings is 2. The van der Waals surface area contributed by atoms with E-state index < -0.39 is 0 Å². The molecule has 2 aromatic carbocycles. The van der Waals surface area contributed by atoms with Gasteiger partial charge in [-0.05, 0) is 36.5 Å². The predicted octanol–water partition coefficient (Wildman–Crippen LogP) is 4.01. The Kier molecular flexibility index (Phi) is 4.69. The van der Waals surface area contributed by atoms with E-state index in [-0.39, 0.29) is 0 Å². The molecule has 110 valence electrons. The van der Waals surface area contributed by atoms with Gasteiger partial charge in [-0.3, -0.25) is 0 Å². The first-order valence-electron chi connectivity index (χ1n) is 7.80. The van der Waals surface area contributed by atoms with Gasteiger partial charge in [-0.1, -0.05) is 54.6 Å². The van der Waals surface area contributed by atoms with Crippen molar-refractivity contribution in [2.24, 2.45) is 0 Å². The van der Waals surface area contributed by atoms with Gasteiger partial charge in [0.1, 0.15) is 0 Å².